The van der Waals surface area contributed by atoms with Gasteiger partial charge in [0.05, 0.1) is 26.9 Å². The first kappa shape index (κ1) is 27.1. The molecule has 2 N–H and O–H groups in total. The zero-order valence-electron chi connectivity index (χ0n) is 18.5. The number of carbonyl (C=O) groups excluding carboxylic acids is 1. The second-order valence-corrected chi connectivity index (χ2v) is 10.5. The Morgan fingerprint density at radius 2 is 1.51 bits per heavy atom. The summed E-state index contributed by atoms with van der Waals surface area (Å²) in [5.41, 5.74) is 1.97. The van der Waals surface area contributed by atoms with Crippen molar-refractivity contribution in [2.45, 2.75) is 9.79 Å². The Morgan fingerprint density at radius 3 is 2.16 bits per heavy atom. The highest BCUT2D eigenvalue weighted by atomic mass is 35.5. The van der Waals surface area contributed by atoms with Gasteiger partial charge in [0.2, 0.25) is 0 Å². The first-order valence-electron chi connectivity index (χ1n) is 10.3. The molecular weight excluding hydrogens is 563 g/mol. The maximum Gasteiger partial charge on any atom is 0.294 e. The quantitative estimate of drug-likeness (QED) is 0.0689. The minimum Gasteiger partial charge on any atom is -0.456 e. The molecule has 0 amide bonds. The molecule has 0 aromatic heterocycles. The van der Waals surface area contributed by atoms with Crippen LogP contribution in [0.4, 0.5) is 0 Å². The average molecular weight is 579 g/mol. The fraction of sp³-hybridized carbons (Fsp3) is 0. The highest BCUT2D eigenvalue weighted by molar-refractivity contribution is 7.94. The first-order chi connectivity index (χ1) is 17.7. The summed E-state index contributed by atoms with van der Waals surface area (Å²) in [7, 11) is -4.31. The Bertz CT molecular complexity index is 1540. The van der Waals surface area contributed by atoms with E-state index in [1.165, 1.54) is 30.3 Å². The molecule has 0 saturated carbocycles. The molecule has 0 unspecified atom stereocenters. The van der Waals surface area contributed by atoms with Gasteiger partial charge >= 0.3 is 0 Å². The summed E-state index contributed by atoms with van der Waals surface area (Å²) in [5, 5.41) is 13.0. The molecule has 12 heteroatoms. The monoisotopic (exact) mass is 578 g/mol. The van der Waals surface area contributed by atoms with Crippen LogP contribution in [0.1, 0.15) is 15.9 Å². The molecule has 4 aromatic rings. The maximum absolute atomic E-state index is 12.8. The molecule has 0 aliphatic heterocycles. The molecule has 0 heterocycles. The number of carbonyl (C=O) groups is 1. The molecule has 0 fully saturated rings. The van der Waals surface area contributed by atoms with Gasteiger partial charge in [-0.05, 0) is 77.9 Å². The van der Waals surface area contributed by atoms with Crippen molar-refractivity contribution in [2.24, 2.45) is 0 Å². The summed E-state index contributed by atoms with van der Waals surface area (Å²) in [4.78, 5) is 13.0. The standard InChI is InChI=1S/C25H16Cl2O8S2/c26-18-6-11-22(27)21(14-18)25(28)16-1-7-19(8-2-16)33-23-12-5-17(13-24(23)36-35-34-29)15-3-9-20(10-4-15)37(30,31)32/h1-14,29H,(H,30,31,32). The number of hydrogen-bond donors (Lipinski definition) is 2. The molecule has 0 aliphatic carbocycles. The van der Waals surface area contributed by atoms with E-state index in [0.29, 0.717) is 50.2 Å². The fourth-order valence-corrected chi connectivity index (χ4v) is 4.66. The Labute approximate surface area is 226 Å². The van der Waals surface area contributed by atoms with Crippen LogP contribution >= 0.6 is 35.2 Å². The number of ketones is 1. The minimum atomic E-state index is -4.31. The number of hydrogen-bond acceptors (Lipinski definition) is 8. The van der Waals surface area contributed by atoms with Gasteiger partial charge in [0.1, 0.15) is 11.5 Å². The summed E-state index contributed by atoms with van der Waals surface area (Å²) in [6.07, 6.45) is 0. The van der Waals surface area contributed by atoms with Crippen molar-refractivity contribution in [1.29, 1.82) is 0 Å². The molecule has 8 nitrogen and oxygen atoms in total. The predicted molar refractivity (Wildman–Crippen MR) is 139 cm³/mol. The van der Waals surface area contributed by atoms with Gasteiger partial charge < -0.3 is 4.74 Å². The summed E-state index contributed by atoms with van der Waals surface area (Å²) in [6, 6.07) is 21.7. The van der Waals surface area contributed by atoms with Crippen LogP contribution in [0.2, 0.25) is 10.0 Å². The van der Waals surface area contributed by atoms with Crippen LogP contribution in [-0.4, -0.2) is 24.0 Å². The van der Waals surface area contributed by atoms with E-state index in [0.717, 1.165) is 0 Å². The lowest BCUT2D eigenvalue weighted by molar-refractivity contribution is -0.432. The molecule has 190 valence electrons. The highest BCUT2D eigenvalue weighted by Gasteiger charge is 2.15. The largest absolute Gasteiger partial charge is 0.456 e. The van der Waals surface area contributed by atoms with Gasteiger partial charge in [-0.3, -0.25) is 9.35 Å². The SMILES string of the molecule is O=C(c1ccc(Oc2ccc(-c3ccc(S(=O)(=O)O)cc3)cc2SOOO)cc1)c1cc(Cl)ccc1Cl. The number of halogens is 2. The molecule has 0 atom stereocenters. The van der Waals surface area contributed by atoms with Crippen LogP contribution in [-0.2, 0) is 19.5 Å². The molecule has 0 spiro atoms. The second-order valence-electron chi connectivity index (χ2n) is 7.47. The fourth-order valence-electron chi connectivity index (χ4n) is 3.34. The minimum absolute atomic E-state index is 0.234. The topological polar surface area (TPSA) is 119 Å². The van der Waals surface area contributed by atoms with Gasteiger partial charge in [-0.25, -0.2) is 5.26 Å². The van der Waals surface area contributed by atoms with Gasteiger partial charge in [-0.15, -0.1) is 4.33 Å². The average Bonchev–Trinajstić information content (AvgIpc) is 2.89. The lowest BCUT2D eigenvalue weighted by Crippen LogP contribution is -2.02. The van der Waals surface area contributed by atoms with Crippen molar-refractivity contribution in [3.63, 3.8) is 0 Å². The van der Waals surface area contributed by atoms with Crippen LogP contribution in [0.3, 0.4) is 0 Å². The lowest BCUT2D eigenvalue weighted by atomic mass is 10.0. The number of rotatable bonds is 9. The summed E-state index contributed by atoms with van der Waals surface area (Å²) in [5.74, 6) is 0.455. The third kappa shape index (κ3) is 6.69. The maximum atomic E-state index is 12.8. The van der Waals surface area contributed by atoms with Gasteiger partial charge in [0.15, 0.2) is 5.78 Å². The van der Waals surface area contributed by atoms with Crippen LogP contribution in [0, 0.1) is 0 Å². The number of ether oxygens (including phenoxy) is 1. The molecule has 0 bridgehead atoms. The zero-order valence-corrected chi connectivity index (χ0v) is 21.6. The van der Waals surface area contributed by atoms with Gasteiger partial charge in [0.25, 0.3) is 10.1 Å². The molecule has 37 heavy (non-hydrogen) atoms. The van der Waals surface area contributed by atoms with Crippen molar-refractivity contribution in [3.05, 3.63) is 106 Å². The van der Waals surface area contributed by atoms with E-state index in [4.69, 9.17) is 37.7 Å². The van der Waals surface area contributed by atoms with E-state index < -0.39 is 10.1 Å². The van der Waals surface area contributed by atoms with Gasteiger partial charge in [0, 0.05) is 16.1 Å². The third-order valence-corrected chi connectivity index (χ3v) is 7.16. The molecule has 4 rings (SSSR count). The van der Waals surface area contributed by atoms with E-state index in [-0.39, 0.29) is 21.3 Å². The van der Waals surface area contributed by atoms with E-state index in [1.54, 1.807) is 54.6 Å². The van der Waals surface area contributed by atoms with E-state index in [2.05, 4.69) is 9.37 Å². The Hall–Kier alpha value is -2.93. The van der Waals surface area contributed by atoms with E-state index >= 15 is 0 Å². The van der Waals surface area contributed by atoms with Crippen molar-refractivity contribution in [3.8, 4) is 22.6 Å². The normalized spacial score (nSPS) is 11.4. The molecule has 0 radical (unpaired) electrons. The molecule has 0 aliphatic rings. The molecule has 4 aromatic carbocycles. The van der Waals surface area contributed by atoms with Crippen molar-refractivity contribution >= 4 is 51.1 Å². The van der Waals surface area contributed by atoms with Crippen LogP contribution < -0.4 is 4.74 Å². The van der Waals surface area contributed by atoms with Gasteiger partial charge in [-0.1, -0.05) is 46.4 Å². The Balaban J connectivity index is 1.57. The van der Waals surface area contributed by atoms with Crippen molar-refractivity contribution in [1.82, 2.24) is 0 Å². The second kappa shape index (κ2) is 11.6. The Kier molecular flexibility index (Phi) is 8.53. The van der Waals surface area contributed by atoms with Crippen LogP contribution in [0.5, 0.6) is 11.5 Å². The Morgan fingerprint density at radius 1 is 0.838 bits per heavy atom. The van der Waals surface area contributed by atoms with E-state index in [1.807, 2.05) is 0 Å². The van der Waals surface area contributed by atoms with E-state index in [9.17, 15) is 13.2 Å². The van der Waals surface area contributed by atoms with Crippen LogP contribution in [0.15, 0.2) is 94.7 Å². The first-order valence-corrected chi connectivity index (χ1v) is 13.2. The zero-order chi connectivity index (χ0) is 26.6. The molecule has 0 saturated heterocycles. The molecular formula is C25H16Cl2O8S2. The third-order valence-electron chi connectivity index (χ3n) is 5.10. The highest BCUT2D eigenvalue weighted by Crippen LogP contribution is 2.37. The van der Waals surface area contributed by atoms with Crippen LogP contribution in [0.25, 0.3) is 11.1 Å². The summed E-state index contributed by atoms with van der Waals surface area (Å²) in [6.45, 7) is 0. The van der Waals surface area contributed by atoms with Gasteiger partial charge in [-0.2, -0.15) is 8.42 Å². The smallest absolute Gasteiger partial charge is 0.294 e. The summed E-state index contributed by atoms with van der Waals surface area (Å²) < 4.78 is 42.2. The predicted octanol–water partition coefficient (Wildman–Crippen LogP) is 7.36. The number of benzene rings is 4. The summed E-state index contributed by atoms with van der Waals surface area (Å²) >= 11 is 12.8. The van der Waals surface area contributed by atoms with Crippen molar-refractivity contribution < 1.29 is 37.1 Å². The van der Waals surface area contributed by atoms with Crippen molar-refractivity contribution in [2.75, 3.05) is 0 Å². The lowest BCUT2D eigenvalue weighted by Gasteiger charge is -2.12.